The Morgan fingerprint density at radius 3 is 2.64 bits per heavy atom. The molecule has 11 heavy (non-hydrogen) atoms. The zero-order valence-corrected chi connectivity index (χ0v) is 8.10. The van der Waals surface area contributed by atoms with Crippen molar-refractivity contribution in [1.82, 2.24) is 0 Å². The van der Waals surface area contributed by atoms with Crippen LogP contribution in [0.1, 0.15) is 19.3 Å². The summed E-state index contributed by atoms with van der Waals surface area (Å²) < 4.78 is 11.6. The summed E-state index contributed by atoms with van der Waals surface area (Å²) >= 11 is 3.31. The van der Waals surface area contributed by atoms with E-state index in [-0.39, 0.29) is 6.29 Å². The Kier molecular flexibility index (Phi) is 4.12. The molecule has 64 valence electrons. The van der Waals surface area contributed by atoms with Gasteiger partial charge >= 0.3 is 0 Å². The largest absolute Gasteiger partial charge is 0.350 e. The highest BCUT2D eigenvalue weighted by Crippen LogP contribution is 2.16. The third kappa shape index (κ3) is 3.89. The van der Waals surface area contributed by atoms with Crippen molar-refractivity contribution in [1.29, 1.82) is 0 Å². The average Bonchev–Trinajstić information content (AvgIpc) is 2.39. The molecule has 0 spiro atoms. The van der Waals surface area contributed by atoms with Crippen molar-refractivity contribution in [2.75, 3.05) is 13.2 Å². The van der Waals surface area contributed by atoms with Crippen LogP contribution < -0.4 is 0 Å². The summed E-state index contributed by atoms with van der Waals surface area (Å²) in [4.78, 5) is 0. The summed E-state index contributed by atoms with van der Waals surface area (Å²) in [5.41, 5.74) is 0. The zero-order chi connectivity index (χ0) is 8.10. The van der Waals surface area contributed by atoms with Gasteiger partial charge in [-0.3, -0.25) is 0 Å². The molecule has 0 bridgehead atoms. The number of halogens is 1. The molecular formula is C8H13BrO2. The molecule has 1 heterocycles. The Morgan fingerprint density at radius 2 is 2.09 bits per heavy atom. The van der Waals surface area contributed by atoms with Gasteiger partial charge in [0.15, 0.2) is 6.29 Å². The maximum atomic E-state index is 5.27. The molecular weight excluding hydrogens is 208 g/mol. The van der Waals surface area contributed by atoms with E-state index in [0.29, 0.717) is 0 Å². The second-order valence-electron chi connectivity index (χ2n) is 2.58. The van der Waals surface area contributed by atoms with Crippen molar-refractivity contribution < 1.29 is 9.47 Å². The highest BCUT2D eigenvalue weighted by atomic mass is 79.9. The van der Waals surface area contributed by atoms with Gasteiger partial charge in [-0.2, -0.15) is 0 Å². The molecule has 3 heteroatoms. The second-order valence-corrected chi connectivity index (χ2v) is 3.70. The Balaban J connectivity index is 1.98. The molecule has 1 rings (SSSR count). The number of allylic oxidation sites excluding steroid dienone is 1. The Labute approximate surface area is 75.7 Å². The quantitative estimate of drug-likeness (QED) is 0.725. The molecule has 0 aromatic rings. The SMILES string of the molecule is C=C(Br)CCCC1OCCO1. The van der Waals surface area contributed by atoms with Gasteiger partial charge in [0.1, 0.15) is 0 Å². The van der Waals surface area contributed by atoms with Gasteiger partial charge in [-0.25, -0.2) is 0 Å². The van der Waals surface area contributed by atoms with Crippen molar-refractivity contribution in [2.24, 2.45) is 0 Å². The van der Waals surface area contributed by atoms with Gasteiger partial charge in [0.05, 0.1) is 13.2 Å². The van der Waals surface area contributed by atoms with Crippen molar-refractivity contribution in [2.45, 2.75) is 25.6 Å². The standard InChI is InChI=1S/C8H13BrO2/c1-7(9)3-2-4-8-10-5-6-11-8/h8H,1-6H2. The number of hydrogen-bond acceptors (Lipinski definition) is 2. The van der Waals surface area contributed by atoms with Crippen LogP contribution >= 0.6 is 15.9 Å². The maximum absolute atomic E-state index is 5.27. The summed E-state index contributed by atoms with van der Waals surface area (Å²) in [7, 11) is 0. The molecule has 0 aliphatic carbocycles. The van der Waals surface area contributed by atoms with E-state index in [2.05, 4.69) is 22.5 Å². The molecule has 0 atom stereocenters. The molecule has 1 saturated heterocycles. The fourth-order valence-corrected chi connectivity index (χ4v) is 1.31. The lowest BCUT2D eigenvalue weighted by Crippen LogP contribution is -2.06. The first-order chi connectivity index (χ1) is 5.29. The number of ether oxygens (including phenoxy) is 2. The van der Waals surface area contributed by atoms with Crippen molar-refractivity contribution >= 4 is 15.9 Å². The van der Waals surface area contributed by atoms with Crippen LogP contribution in [0.25, 0.3) is 0 Å². The first kappa shape index (κ1) is 9.23. The van der Waals surface area contributed by atoms with Gasteiger partial charge in [0, 0.05) is 0 Å². The molecule has 0 aromatic heterocycles. The molecule has 0 saturated carbocycles. The fraction of sp³-hybridized carbons (Fsp3) is 0.750. The minimum Gasteiger partial charge on any atom is -0.350 e. The van der Waals surface area contributed by atoms with Gasteiger partial charge in [-0.05, 0) is 23.7 Å². The predicted molar refractivity (Wildman–Crippen MR) is 47.6 cm³/mol. The van der Waals surface area contributed by atoms with Crippen LogP contribution in [0, 0.1) is 0 Å². The number of rotatable bonds is 4. The van der Waals surface area contributed by atoms with Crippen LogP contribution in [-0.4, -0.2) is 19.5 Å². The lowest BCUT2D eigenvalue weighted by Gasteiger charge is -2.07. The van der Waals surface area contributed by atoms with Crippen LogP contribution in [-0.2, 0) is 9.47 Å². The van der Waals surface area contributed by atoms with Crippen LogP contribution in [0.5, 0.6) is 0 Å². The summed E-state index contributed by atoms with van der Waals surface area (Å²) in [5, 5.41) is 0. The van der Waals surface area contributed by atoms with Gasteiger partial charge in [-0.15, -0.1) is 0 Å². The van der Waals surface area contributed by atoms with E-state index in [1.165, 1.54) is 0 Å². The minimum atomic E-state index is 0.0434. The van der Waals surface area contributed by atoms with Crippen LogP contribution in [0.15, 0.2) is 11.1 Å². The topological polar surface area (TPSA) is 18.5 Å². The monoisotopic (exact) mass is 220 g/mol. The third-order valence-electron chi connectivity index (χ3n) is 1.58. The summed E-state index contributed by atoms with van der Waals surface area (Å²) in [6.07, 6.45) is 3.10. The van der Waals surface area contributed by atoms with Crippen molar-refractivity contribution in [3.8, 4) is 0 Å². The Hall–Kier alpha value is 0.140. The normalized spacial score (nSPS) is 19.0. The smallest absolute Gasteiger partial charge is 0.157 e. The van der Waals surface area contributed by atoms with E-state index in [1.807, 2.05) is 0 Å². The van der Waals surface area contributed by atoms with Crippen LogP contribution in [0.4, 0.5) is 0 Å². The van der Waals surface area contributed by atoms with Crippen LogP contribution in [0.2, 0.25) is 0 Å². The van der Waals surface area contributed by atoms with Crippen molar-refractivity contribution in [3.63, 3.8) is 0 Å². The maximum Gasteiger partial charge on any atom is 0.157 e. The first-order valence-corrected chi connectivity index (χ1v) is 4.65. The Bertz CT molecular complexity index is 130. The summed E-state index contributed by atoms with van der Waals surface area (Å²) in [6, 6.07) is 0. The number of hydrogen-bond donors (Lipinski definition) is 0. The zero-order valence-electron chi connectivity index (χ0n) is 6.51. The fourth-order valence-electron chi connectivity index (χ4n) is 1.03. The molecule has 1 aliphatic heterocycles. The summed E-state index contributed by atoms with van der Waals surface area (Å²) in [6.45, 7) is 5.25. The summed E-state index contributed by atoms with van der Waals surface area (Å²) in [5.74, 6) is 0. The molecule has 0 amide bonds. The molecule has 0 radical (unpaired) electrons. The predicted octanol–water partition coefficient (Wildman–Crippen LogP) is 2.44. The van der Waals surface area contributed by atoms with Gasteiger partial charge in [-0.1, -0.05) is 22.5 Å². The minimum absolute atomic E-state index is 0.0434. The van der Waals surface area contributed by atoms with E-state index in [0.717, 1.165) is 37.0 Å². The third-order valence-corrected chi connectivity index (χ3v) is 1.98. The van der Waals surface area contributed by atoms with Gasteiger partial charge in [0.25, 0.3) is 0 Å². The molecule has 1 aliphatic rings. The van der Waals surface area contributed by atoms with E-state index < -0.39 is 0 Å². The van der Waals surface area contributed by atoms with Crippen LogP contribution in [0.3, 0.4) is 0 Å². The van der Waals surface area contributed by atoms with E-state index in [1.54, 1.807) is 0 Å². The molecule has 0 unspecified atom stereocenters. The average molecular weight is 221 g/mol. The van der Waals surface area contributed by atoms with Gasteiger partial charge in [0.2, 0.25) is 0 Å². The molecule has 2 nitrogen and oxygen atoms in total. The van der Waals surface area contributed by atoms with Gasteiger partial charge < -0.3 is 9.47 Å². The van der Waals surface area contributed by atoms with E-state index >= 15 is 0 Å². The second kappa shape index (κ2) is 4.91. The highest BCUT2D eigenvalue weighted by molar-refractivity contribution is 9.11. The highest BCUT2D eigenvalue weighted by Gasteiger charge is 2.14. The molecule has 1 fully saturated rings. The first-order valence-electron chi connectivity index (χ1n) is 3.85. The molecule has 0 aromatic carbocycles. The van der Waals surface area contributed by atoms with E-state index in [9.17, 15) is 0 Å². The lowest BCUT2D eigenvalue weighted by molar-refractivity contribution is -0.0475. The van der Waals surface area contributed by atoms with E-state index in [4.69, 9.17) is 9.47 Å². The van der Waals surface area contributed by atoms with Crippen molar-refractivity contribution in [3.05, 3.63) is 11.1 Å². The molecule has 0 N–H and O–H groups in total. The lowest BCUT2D eigenvalue weighted by atomic mass is 10.2. The Morgan fingerprint density at radius 1 is 1.45 bits per heavy atom.